The molecule has 0 unspecified atom stereocenters. The van der Waals surface area contributed by atoms with Crippen LogP contribution in [0.3, 0.4) is 0 Å². The Labute approximate surface area is 96.8 Å². The lowest BCUT2D eigenvalue weighted by Gasteiger charge is -2.05. The van der Waals surface area contributed by atoms with E-state index in [1.54, 1.807) is 11.6 Å². The molecule has 0 aliphatic rings. The molecule has 0 saturated carbocycles. The molecule has 1 N–H and O–H groups in total. The summed E-state index contributed by atoms with van der Waals surface area (Å²) in [6, 6.07) is 0. The number of hydrogen-bond acceptors (Lipinski definition) is 4. The summed E-state index contributed by atoms with van der Waals surface area (Å²) in [5.41, 5.74) is 1.90. The average Bonchev–Trinajstić information content (AvgIpc) is 2.59. The fourth-order valence-electron chi connectivity index (χ4n) is 1.43. The van der Waals surface area contributed by atoms with Crippen molar-refractivity contribution in [3.63, 3.8) is 0 Å². The SMILES string of the molecule is CCc1nn(C)cc1NCCS(=O)(=O)CC. The highest BCUT2D eigenvalue weighted by atomic mass is 32.2. The van der Waals surface area contributed by atoms with Crippen LogP contribution in [-0.4, -0.2) is 36.2 Å². The van der Waals surface area contributed by atoms with Crippen LogP contribution >= 0.6 is 0 Å². The number of aryl methyl sites for hydroxylation is 2. The van der Waals surface area contributed by atoms with Crippen LogP contribution in [0.5, 0.6) is 0 Å². The molecule has 0 amide bonds. The quantitative estimate of drug-likeness (QED) is 0.806. The van der Waals surface area contributed by atoms with Crippen molar-refractivity contribution in [2.24, 2.45) is 7.05 Å². The summed E-state index contributed by atoms with van der Waals surface area (Å²) in [6.45, 7) is 4.13. The van der Waals surface area contributed by atoms with Crippen LogP contribution in [-0.2, 0) is 23.3 Å². The van der Waals surface area contributed by atoms with Crippen molar-refractivity contribution < 1.29 is 8.42 Å². The first-order valence-electron chi connectivity index (χ1n) is 5.45. The number of hydrogen-bond donors (Lipinski definition) is 1. The van der Waals surface area contributed by atoms with Crippen LogP contribution in [0.25, 0.3) is 0 Å². The van der Waals surface area contributed by atoms with E-state index in [9.17, 15) is 8.42 Å². The topological polar surface area (TPSA) is 64.0 Å². The predicted octanol–water partition coefficient (Wildman–Crippen LogP) is 0.829. The van der Waals surface area contributed by atoms with E-state index in [1.165, 1.54) is 0 Å². The van der Waals surface area contributed by atoms with Gasteiger partial charge in [-0.2, -0.15) is 5.10 Å². The van der Waals surface area contributed by atoms with Crippen molar-refractivity contribution in [2.45, 2.75) is 20.3 Å². The lowest BCUT2D eigenvalue weighted by Crippen LogP contribution is -2.17. The van der Waals surface area contributed by atoms with E-state index in [-0.39, 0.29) is 11.5 Å². The van der Waals surface area contributed by atoms with E-state index < -0.39 is 9.84 Å². The van der Waals surface area contributed by atoms with Crippen LogP contribution in [0.2, 0.25) is 0 Å². The second kappa shape index (κ2) is 5.34. The zero-order valence-electron chi connectivity index (χ0n) is 10.0. The maximum atomic E-state index is 11.3. The highest BCUT2D eigenvalue weighted by Crippen LogP contribution is 2.13. The number of anilines is 1. The minimum Gasteiger partial charge on any atom is -0.381 e. The molecule has 0 radical (unpaired) electrons. The van der Waals surface area contributed by atoms with Crippen LogP contribution < -0.4 is 5.32 Å². The van der Waals surface area contributed by atoms with Gasteiger partial charge >= 0.3 is 0 Å². The molecule has 1 heterocycles. The predicted molar refractivity (Wildman–Crippen MR) is 65.4 cm³/mol. The van der Waals surface area contributed by atoms with Crippen LogP contribution in [0.15, 0.2) is 6.20 Å². The number of rotatable bonds is 6. The summed E-state index contributed by atoms with van der Waals surface area (Å²) in [6.07, 6.45) is 2.71. The molecule has 1 aromatic heterocycles. The van der Waals surface area contributed by atoms with Gasteiger partial charge in [-0.15, -0.1) is 0 Å². The molecular weight excluding hydrogens is 226 g/mol. The molecule has 0 aliphatic heterocycles. The van der Waals surface area contributed by atoms with Gasteiger partial charge in [-0.1, -0.05) is 13.8 Å². The van der Waals surface area contributed by atoms with Gasteiger partial charge in [0, 0.05) is 25.5 Å². The molecule has 1 aromatic rings. The van der Waals surface area contributed by atoms with E-state index >= 15 is 0 Å². The zero-order valence-corrected chi connectivity index (χ0v) is 10.8. The normalized spacial score (nSPS) is 11.7. The molecule has 0 spiro atoms. The van der Waals surface area contributed by atoms with E-state index in [0.29, 0.717) is 6.54 Å². The number of nitrogens with zero attached hydrogens (tertiary/aromatic N) is 2. The summed E-state index contributed by atoms with van der Waals surface area (Å²) in [5.74, 6) is 0.365. The highest BCUT2D eigenvalue weighted by Gasteiger charge is 2.09. The Morgan fingerprint density at radius 1 is 1.44 bits per heavy atom. The third-order valence-electron chi connectivity index (χ3n) is 2.41. The van der Waals surface area contributed by atoms with Gasteiger partial charge in [-0.25, -0.2) is 8.42 Å². The molecule has 0 bridgehead atoms. The van der Waals surface area contributed by atoms with Crippen molar-refractivity contribution in [3.05, 3.63) is 11.9 Å². The standard InChI is InChI=1S/C10H19N3O2S/c1-4-9-10(8-13(3)12-9)11-6-7-16(14,15)5-2/h8,11H,4-7H2,1-3H3. The fourth-order valence-corrected chi connectivity index (χ4v) is 2.13. The Morgan fingerprint density at radius 2 is 2.12 bits per heavy atom. The van der Waals surface area contributed by atoms with Gasteiger partial charge in [-0.3, -0.25) is 4.68 Å². The largest absolute Gasteiger partial charge is 0.381 e. The Hall–Kier alpha value is -1.04. The molecule has 0 fully saturated rings. The van der Waals surface area contributed by atoms with Crippen LogP contribution in [0.4, 0.5) is 5.69 Å². The monoisotopic (exact) mass is 245 g/mol. The minimum absolute atomic E-state index is 0.168. The van der Waals surface area contributed by atoms with Crippen LogP contribution in [0, 0.1) is 0 Å². The Morgan fingerprint density at radius 3 is 2.69 bits per heavy atom. The molecule has 0 atom stereocenters. The van der Waals surface area contributed by atoms with Crippen molar-refractivity contribution in [2.75, 3.05) is 23.4 Å². The summed E-state index contributed by atoms with van der Waals surface area (Å²) >= 11 is 0. The molecular formula is C10H19N3O2S. The molecule has 0 aliphatic carbocycles. The Kier molecular flexibility index (Phi) is 4.35. The highest BCUT2D eigenvalue weighted by molar-refractivity contribution is 7.91. The van der Waals surface area contributed by atoms with E-state index in [1.807, 2.05) is 20.2 Å². The fraction of sp³-hybridized carbons (Fsp3) is 0.700. The smallest absolute Gasteiger partial charge is 0.151 e. The van der Waals surface area contributed by atoms with Gasteiger partial charge in [0.25, 0.3) is 0 Å². The molecule has 5 nitrogen and oxygen atoms in total. The second-order valence-corrected chi connectivity index (χ2v) is 6.15. The van der Waals surface area contributed by atoms with Crippen molar-refractivity contribution >= 4 is 15.5 Å². The number of nitrogens with one attached hydrogen (secondary N) is 1. The van der Waals surface area contributed by atoms with Gasteiger partial charge in [0.15, 0.2) is 9.84 Å². The molecule has 0 saturated heterocycles. The molecule has 92 valence electrons. The third kappa shape index (κ3) is 3.52. The molecule has 0 aromatic carbocycles. The zero-order chi connectivity index (χ0) is 12.2. The molecule has 1 rings (SSSR count). The number of sulfone groups is 1. The lowest BCUT2D eigenvalue weighted by molar-refractivity contribution is 0.597. The minimum atomic E-state index is -2.89. The first kappa shape index (κ1) is 13.0. The van der Waals surface area contributed by atoms with Crippen molar-refractivity contribution in [1.29, 1.82) is 0 Å². The summed E-state index contributed by atoms with van der Waals surface area (Å²) < 4.78 is 24.3. The van der Waals surface area contributed by atoms with Gasteiger partial charge < -0.3 is 5.32 Å². The van der Waals surface area contributed by atoms with Gasteiger partial charge in [0.05, 0.1) is 17.1 Å². The second-order valence-electron chi connectivity index (χ2n) is 3.68. The van der Waals surface area contributed by atoms with Crippen molar-refractivity contribution in [3.8, 4) is 0 Å². The third-order valence-corrected chi connectivity index (χ3v) is 4.11. The van der Waals surface area contributed by atoms with Gasteiger partial charge in [0.1, 0.15) is 0 Å². The summed E-state index contributed by atoms with van der Waals surface area (Å²) in [4.78, 5) is 0. The lowest BCUT2D eigenvalue weighted by atomic mass is 10.3. The summed E-state index contributed by atoms with van der Waals surface area (Å²) in [5, 5.41) is 7.38. The summed E-state index contributed by atoms with van der Waals surface area (Å²) in [7, 11) is -1.04. The Bertz CT molecular complexity index is 437. The van der Waals surface area contributed by atoms with E-state index in [2.05, 4.69) is 10.4 Å². The maximum Gasteiger partial charge on any atom is 0.151 e. The first-order chi connectivity index (χ1) is 7.48. The number of aromatic nitrogens is 2. The Balaban J connectivity index is 2.55. The van der Waals surface area contributed by atoms with E-state index in [4.69, 9.17) is 0 Å². The van der Waals surface area contributed by atoms with E-state index in [0.717, 1.165) is 17.8 Å². The van der Waals surface area contributed by atoms with Gasteiger partial charge in [-0.05, 0) is 6.42 Å². The first-order valence-corrected chi connectivity index (χ1v) is 7.27. The maximum absolute atomic E-state index is 11.3. The van der Waals surface area contributed by atoms with Gasteiger partial charge in [0.2, 0.25) is 0 Å². The molecule has 6 heteroatoms. The average molecular weight is 245 g/mol. The molecule has 16 heavy (non-hydrogen) atoms. The van der Waals surface area contributed by atoms with Crippen molar-refractivity contribution in [1.82, 2.24) is 9.78 Å². The van der Waals surface area contributed by atoms with Crippen LogP contribution in [0.1, 0.15) is 19.5 Å².